The van der Waals surface area contributed by atoms with Gasteiger partial charge in [-0.05, 0) is 13.5 Å². The van der Waals surface area contributed by atoms with Crippen molar-refractivity contribution in [2.45, 2.75) is 33.4 Å². The van der Waals surface area contributed by atoms with Gasteiger partial charge in [0.15, 0.2) is 5.13 Å². The quantitative estimate of drug-likeness (QED) is 0.854. The molecule has 0 atom stereocenters. The maximum absolute atomic E-state index is 11.5. The Kier molecular flexibility index (Phi) is 4.90. The van der Waals surface area contributed by atoms with E-state index in [1.54, 1.807) is 23.2 Å². The van der Waals surface area contributed by atoms with Gasteiger partial charge in [-0.15, -0.1) is 11.3 Å². The Hall–Kier alpha value is -0.980. The van der Waals surface area contributed by atoms with Crippen molar-refractivity contribution in [1.29, 1.82) is 0 Å². The highest BCUT2D eigenvalue weighted by atomic mass is 32.1. The van der Waals surface area contributed by atoms with Crippen molar-refractivity contribution in [2.75, 3.05) is 31.1 Å². The molecule has 0 saturated carbocycles. The van der Waals surface area contributed by atoms with Crippen LogP contribution in [-0.4, -0.2) is 48.0 Å². The number of aromatic nitrogens is 1. The van der Waals surface area contributed by atoms with E-state index in [0.29, 0.717) is 12.6 Å². The standard InChI is InChI=1S/C13H22N4OS/c1-4-16(12-6-14-7-12)8-11-9-19-13(15-11)17(5-2)10(3)18/h9,12,14H,4-8H2,1-3H3. The molecule has 1 aromatic rings. The molecule has 1 amide bonds. The highest BCUT2D eigenvalue weighted by Gasteiger charge is 2.24. The van der Waals surface area contributed by atoms with Gasteiger partial charge in [0.25, 0.3) is 0 Å². The molecule has 1 aromatic heterocycles. The topological polar surface area (TPSA) is 48.5 Å². The van der Waals surface area contributed by atoms with Crippen molar-refractivity contribution in [2.24, 2.45) is 0 Å². The van der Waals surface area contributed by atoms with Gasteiger partial charge >= 0.3 is 0 Å². The second-order valence-corrected chi connectivity index (χ2v) is 5.60. The zero-order chi connectivity index (χ0) is 13.8. The molecule has 0 radical (unpaired) electrons. The summed E-state index contributed by atoms with van der Waals surface area (Å²) in [7, 11) is 0. The molecule has 19 heavy (non-hydrogen) atoms. The van der Waals surface area contributed by atoms with Crippen molar-refractivity contribution >= 4 is 22.4 Å². The summed E-state index contributed by atoms with van der Waals surface area (Å²) in [6, 6.07) is 0.630. The summed E-state index contributed by atoms with van der Waals surface area (Å²) < 4.78 is 0. The van der Waals surface area contributed by atoms with Gasteiger partial charge in [-0.3, -0.25) is 14.6 Å². The molecule has 0 bridgehead atoms. The summed E-state index contributed by atoms with van der Waals surface area (Å²) in [6.07, 6.45) is 0. The van der Waals surface area contributed by atoms with E-state index in [1.165, 1.54) is 0 Å². The van der Waals surface area contributed by atoms with Crippen molar-refractivity contribution in [3.63, 3.8) is 0 Å². The molecule has 6 heteroatoms. The van der Waals surface area contributed by atoms with Gasteiger partial charge in [0, 0.05) is 44.5 Å². The molecule has 1 aliphatic heterocycles. The SMILES string of the molecule is CCN(C(C)=O)c1nc(CN(CC)C2CNC2)cs1. The number of nitrogens with zero attached hydrogens (tertiary/aromatic N) is 3. The first kappa shape index (κ1) is 14.4. The number of likely N-dealkylation sites (N-methyl/N-ethyl adjacent to an activating group) is 1. The van der Waals surface area contributed by atoms with Crippen molar-refractivity contribution in [3.8, 4) is 0 Å². The van der Waals surface area contributed by atoms with E-state index >= 15 is 0 Å². The third-order valence-corrected chi connectivity index (χ3v) is 4.43. The van der Waals surface area contributed by atoms with Gasteiger partial charge in [-0.1, -0.05) is 6.92 Å². The fourth-order valence-electron chi connectivity index (χ4n) is 2.22. The molecule has 5 nitrogen and oxygen atoms in total. The normalized spacial score (nSPS) is 15.6. The number of anilines is 1. The minimum atomic E-state index is 0.0546. The maximum atomic E-state index is 11.5. The Morgan fingerprint density at radius 2 is 2.21 bits per heavy atom. The lowest BCUT2D eigenvalue weighted by molar-refractivity contribution is -0.116. The predicted octanol–water partition coefficient (Wildman–Crippen LogP) is 1.31. The Morgan fingerprint density at radius 3 is 2.68 bits per heavy atom. The molecule has 1 N–H and O–H groups in total. The second-order valence-electron chi connectivity index (χ2n) is 4.76. The van der Waals surface area contributed by atoms with Gasteiger partial charge in [-0.25, -0.2) is 4.98 Å². The second kappa shape index (κ2) is 6.45. The summed E-state index contributed by atoms with van der Waals surface area (Å²) in [4.78, 5) is 20.2. The Balaban J connectivity index is 2.01. The van der Waals surface area contributed by atoms with Gasteiger partial charge in [0.1, 0.15) is 0 Å². The van der Waals surface area contributed by atoms with Crippen LogP contribution >= 0.6 is 11.3 Å². The molecule has 1 saturated heterocycles. The molecule has 0 aliphatic carbocycles. The zero-order valence-electron chi connectivity index (χ0n) is 11.8. The average molecular weight is 282 g/mol. The molecule has 0 aromatic carbocycles. The van der Waals surface area contributed by atoms with E-state index in [4.69, 9.17) is 0 Å². The van der Waals surface area contributed by atoms with Crippen LogP contribution < -0.4 is 10.2 Å². The lowest BCUT2D eigenvalue weighted by Gasteiger charge is -2.37. The summed E-state index contributed by atoms with van der Waals surface area (Å²) in [6.45, 7) is 10.5. The van der Waals surface area contributed by atoms with E-state index in [-0.39, 0.29) is 5.91 Å². The van der Waals surface area contributed by atoms with Crippen molar-refractivity contribution in [1.82, 2.24) is 15.2 Å². The van der Waals surface area contributed by atoms with Crippen molar-refractivity contribution < 1.29 is 4.79 Å². The molecule has 1 fully saturated rings. The zero-order valence-corrected chi connectivity index (χ0v) is 12.7. The number of nitrogens with one attached hydrogen (secondary N) is 1. The van der Waals surface area contributed by atoms with E-state index in [1.807, 2.05) is 6.92 Å². The Bertz CT molecular complexity index is 430. The molecule has 0 spiro atoms. The lowest BCUT2D eigenvalue weighted by Crippen LogP contribution is -2.56. The average Bonchev–Trinajstić information content (AvgIpc) is 2.74. The van der Waals surface area contributed by atoms with Crippen LogP contribution in [0.2, 0.25) is 0 Å². The summed E-state index contributed by atoms with van der Waals surface area (Å²) in [5.74, 6) is 0.0546. The number of hydrogen-bond acceptors (Lipinski definition) is 5. The van der Waals surface area contributed by atoms with E-state index in [0.717, 1.165) is 37.0 Å². The molecular weight excluding hydrogens is 260 g/mol. The van der Waals surface area contributed by atoms with Gasteiger partial charge < -0.3 is 5.32 Å². The van der Waals surface area contributed by atoms with Crippen molar-refractivity contribution in [3.05, 3.63) is 11.1 Å². The van der Waals surface area contributed by atoms with Crippen LogP contribution in [-0.2, 0) is 11.3 Å². The minimum absolute atomic E-state index is 0.0546. The van der Waals surface area contributed by atoms with E-state index in [9.17, 15) is 4.79 Å². The van der Waals surface area contributed by atoms with Crippen LogP contribution in [0.5, 0.6) is 0 Å². The fourth-order valence-corrected chi connectivity index (χ4v) is 3.15. The summed E-state index contributed by atoms with van der Waals surface area (Å²) in [5.41, 5.74) is 1.06. The number of carbonyl (C=O) groups is 1. The highest BCUT2D eigenvalue weighted by Crippen LogP contribution is 2.22. The number of thiazole rings is 1. The van der Waals surface area contributed by atoms with Gasteiger partial charge in [0.05, 0.1) is 5.69 Å². The third kappa shape index (κ3) is 3.32. The van der Waals surface area contributed by atoms with Gasteiger partial charge in [-0.2, -0.15) is 0 Å². The number of amides is 1. The molecule has 2 heterocycles. The van der Waals surface area contributed by atoms with Gasteiger partial charge in [0.2, 0.25) is 5.91 Å². The van der Waals surface area contributed by atoms with E-state index in [2.05, 4.69) is 27.5 Å². The van der Waals surface area contributed by atoms with Crippen LogP contribution in [0, 0.1) is 0 Å². The first-order valence-electron chi connectivity index (χ1n) is 6.83. The summed E-state index contributed by atoms with van der Waals surface area (Å²) >= 11 is 1.55. The van der Waals surface area contributed by atoms with Crippen LogP contribution in [0.25, 0.3) is 0 Å². The Labute approximate surface area is 118 Å². The van der Waals surface area contributed by atoms with Crippen LogP contribution in [0.1, 0.15) is 26.5 Å². The predicted molar refractivity (Wildman–Crippen MR) is 78.6 cm³/mol. The smallest absolute Gasteiger partial charge is 0.225 e. The largest absolute Gasteiger partial charge is 0.314 e. The minimum Gasteiger partial charge on any atom is -0.314 e. The summed E-state index contributed by atoms with van der Waals surface area (Å²) in [5, 5.41) is 6.17. The Morgan fingerprint density at radius 1 is 1.47 bits per heavy atom. The molecule has 0 unspecified atom stereocenters. The maximum Gasteiger partial charge on any atom is 0.225 e. The molecule has 1 aliphatic rings. The first-order valence-corrected chi connectivity index (χ1v) is 7.70. The number of hydrogen-bond donors (Lipinski definition) is 1. The fraction of sp³-hybridized carbons (Fsp3) is 0.692. The molecular formula is C13H22N4OS. The molecule has 2 rings (SSSR count). The lowest BCUT2D eigenvalue weighted by atomic mass is 10.1. The first-order chi connectivity index (χ1) is 9.15. The van der Waals surface area contributed by atoms with Crippen LogP contribution in [0.15, 0.2) is 5.38 Å². The van der Waals surface area contributed by atoms with E-state index < -0.39 is 0 Å². The monoisotopic (exact) mass is 282 g/mol. The number of rotatable bonds is 6. The van der Waals surface area contributed by atoms with Crippen LogP contribution in [0.4, 0.5) is 5.13 Å². The highest BCUT2D eigenvalue weighted by molar-refractivity contribution is 7.14. The van der Waals surface area contributed by atoms with Crippen LogP contribution in [0.3, 0.4) is 0 Å². The third-order valence-electron chi connectivity index (χ3n) is 3.51. The number of carbonyl (C=O) groups excluding carboxylic acids is 1. The molecule has 106 valence electrons.